The number of carbonyl (C=O) groups excluding carboxylic acids is 2. The number of aryl methyl sites for hydroxylation is 1. The summed E-state index contributed by atoms with van der Waals surface area (Å²) in [5.74, 6) is 0.967. The van der Waals surface area contributed by atoms with E-state index >= 15 is 0 Å². The Morgan fingerprint density at radius 3 is 2.56 bits per heavy atom. The van der Waals surface area contributed by atoms with Crippen LogP contribution in [0.5, 0.6) is 17.2 Å². The quantitative estimate of drug-likeness (QED) is 0.279. The lowest BCUT2D eigenvalue weighted by Gasteiger charge is -2.23. The van der Waals surface area contributed by atoms with Crippen molar-refractivity contribution >= 4 is 23.1 Å². The number of aliphatic hydroxyl groups excluding tert-OH is 1. The summed E-state index contributed by atoms with van der Waals surface area (Å²) in [6.45, 7) is 8.30. The van der Waals surface area contributed by atoms with E-state index in [9.17, 15) is 14.7 Å². The number of fused-ring (bicyclic) bond motifs is 1. The van der Waals surface area contributed by atoms with Crippen LogP contribution < -0.4 is 19.1 Å². The average Bonchev–Trinajstić information content (AvgIpc) is 3.57. The van der Waals surface area contributed by atoms with Crippen molar-refractivity contribution < 1.29 is 33.3 Å². The maximum atomic E-state index is 13.4. The predicted molar refractivity (Wildman–Crippen MR) is 132 cm³/mol. The second-order valence-electron chi connectivity index (χ2n) is 9.00. The Morgan fingerprint density at radius 1 is 1.08 bits per heavy atom. The fourth-order valence-corrected chi connectivity index (χ4v) is 4.59. The van der Waals surface area contributed by atoms with Crippen molar-refractivity contribution in [2.45, 2.75) is 39.7 Å². The van der Waals surface area contributed by atoms with Crippen LogP contribution in [-0.2, 0) is 9.59 Å². The first-order valence-corrected chi connectivity index (χ1v) is 11.8. The molecular weight excluding hydrogens is 462 g/mol. The van der Waals surface area contributed by atoms with Gasteiger partial charge in [0.05, 0.1) is 12.2 Å². The summed E-state index contributed by atoms with van der Waals surface area (Å²) in [6, 6.07) is 12.7. The molecule has 8 nitrogen and oxygen atoms in total. The highest BCUT2D eigenvalue weighted by molar-refractivity contribution is 6.51. The van der Waals surface area contributed by atoms with Crippen molar-refractivity contribution in [3.05, 3.63) is 76.8 Å². The van der Waals surface area contributed by atoms with Gasteiger partial charge >= 0.3 is 0 Å². The lowest BCUT2D eigenvalue weighted by Crippen LogP contribution is -2.29. The lowest BCUT2D eigenvalue weighted by atomic mass is 9.95. The molecule has 1 N–H and O–H groups in total. The second kappa shape index (κ2) is 9.11. The van der Waals surface area contributed by atoms with Crippen LogP contribution in [0.15, 0.2) is 58.5 Å². The van der Waals surface area contributed by atoms with Gasteiger partial charge in [-0.15, -0.1) is 0 Å². The molecule has 186 valence electrons. The van der Waals surface area contributed by atoms with E-state index in [4.69, 9.17) is 18.6 Å². The van der Waals surface area contributed by atoms with Gasteiger partial charge in [-0.3, -0.25) is 14.5 Å². The first kappa shape index (κ1) is 23.5. The fraction of sp³-hybridized carbons (Fsp3) is 0.286. The monoisotopic (exact) mass is 489 g/mol. The number of nitrogens with zero attached hydrogens (tertiary/aromatic N) is 1. The van der Waals surface area contributed by atoms with Gasteiger partial charge < -0.3 is 23.7 Å². The van der Waals surface area contributed by atoms with Crippen LogP contribution in [0.3, 0.4) is 0 Å². The van der Waals surface area contributed by atoms with Gasteiger partial charge in [0.2, 0.25) is 6.79 Å². The van der Waals surface area contributed by atoms with E-state index in [1.807, 2.05) is 20.8 Å². The molecule has 1 fully saturated rings. The highest BCUT2D eigenvalue weighted by Gasteiger charge is 2.48. The summed E-state index contributed by atoms with van der Waals surface area (Å²) in [4.78, 5) is 28.1. The van der Waals surface area contributed by atoms with Crippen molar-refractivity contribution in [2.24, 2.45) is 0 Å². The number of furan rings is 1. The zero-order chi connectivity index (χ0) is 25.6. The van der Waals surface area contributed by atoms with Gasteiger partial charge in [0.15, 0.2) is 11.5 Å². The summed E-state index contributed by atoms with van der Waals surface area (Å²) in [5, 5.41) is 11.4. The SMILES string of the molecule is CCOc1ccc(/C(O)=C2/C(=O)C(=O)N(c3ccc4c(c3)OCO4)C2c2ccc(C)o2)cc1C(C)C. The minimum Gasteiger partial charge on any atom is -0.507 e. The molecule has 1 saturated heterocycles. The summed E-state index contributed by atoms with van der Waals surface area (Å²) in [5.41, 5.74) is 1.68. The van der Waals surface area contributed by atoms with Gasteiger partial charge in [-0.1, -0.05) is 13.8 Å². The molecule has 0 saturated carbocycles. The molecule has 3 aromatic rings. The van der Waals surface area contributed by atoms with Crippen molar-refractivity contribution in [1.29, 1.82) is 0 Å². The Kier molecular flexibility index (Phi) is 5.96. The van der Waals surface area contributed by atoms with Gasteiger partial charge in [-0.25, -0.2) is 0 Å². The molecule has 36 heavy (non-hydrogen) atoms. The van der Waals surface area contributed by atoms with Crippen molar-refractivity contribution in [3.63, 3.8) is 0 Å². The number of aliphatic hydroxyl groups is 1. The van der Waals surface area contributed by atoms with Gasteiger partial charge in [0.1, 0.15) is 29.1 Å². The smallest absolute Gasteiger partial charge is 0.300 e. The molecule has 1 unspecified atom stereocenters. The van der Waals surface area contributed by atoms with Gasteiger partial charge in [-0.2, -0.15) is 0 Å². The third-order valence-electron chi connectivity index (χ3n) is 6.31. The number of Topliss-reactive ketones (excluding diaryl/α,β-unsaturated/α-hetero) is 1. The Hall–Kier alpha value is -4.20. The molecular formula is C28H27NO7. The van der Waals surface area contributed by atoms with Gasteiger partial charge in [0, 0.05) is 17.3 Å². The van der Waals surface area contributed by atoms with Crippen molar-refractivity contribution in [1.82, 2.24) is 0 Å². The van der Waals surface area contributed by atoms with E-state index in [0.717, 1.165) is 5.56 Å². The van der Waals surface area contributed by atoms with Crippen LogP contribution in [0.4, 0.5) is 5.69 Å². The summed E-state index contributed by atoms with van der Waals surface area (Å²) >= 11 is 0. The Labute approximate surface area is 208 Å². The number of anilines is 1. The molecule has 0 bridgehead atoms. The zero-order valence-electron chi connectivity index (χ0n) is 20.5. The molecule has 0 aliphatic carbocycles. The summed E-state index contributed by atoms with van der Waals surface area (Å²) in [7, 11) is 0. The van der Waals surface area contributed by atoms with Crippen molar-refractivity contribution in [3.8, 4) is 17.2 Å². The molecule has 2 aliphatic rings. The number of hydrogen-bond donors (Lipinski definition) is 1. The molecule has 3 heterocycles. The van der Waals surface area contributed by atoms with Crippen LogP contribution in [-0.4, -0.2) is 30.2 Å². The maximum absolute atomic E-state index is 13.4. The number of carbonyl (C=O) groups is 2. The van der Waals surface area contributed by atoms with Crippen LogP contribution in [0.2, 0.25) is 0 Å². The molecule has 1 aromatic heterocycles. The van der Waals surface area contributed by atoms with E-state index < -0.39 is 17.7 Å². The summed E-state index contributed by atoms with van der Waals surface area (Å²) in [6.07, 6.45) is 0. The van der Waals surface area contributed by atoms with Gasteiger partial charge in [-0.05, 0) is 67.8 Å². The van der Waals surface area contributed by atoms with Crippen molar-refractivity contribution in [2.75, 3.05) is 18.3 Å². The van der Waals surface area contributed by atoms with Crippen LogP contribution >= 0.6 is 0 Å². The van der Waals surface area contributed by atoms with Crippen LogP contribution in [0.1, 0.15) is 55.4 Å². The van der Waals surface area contributed by atoms with E-state index in [1.165, 1.54) is 4.90 Å². The molecule has 0 spiro atoms. The minimum atomic E-state index is -0.965. The zero-order valence-corrected chi connectivity index (χ0v) is 20.5. The molecule has 0 radical (unpaired) electrons. The first-order valence-electron chi connectivity index (χ1n) is 11.8. The highest BCUT2D eigenvalue weighted by Crippen LogP contribution is 2.45. The van der Waals surface area contributed by atoms with Gasteiger partial charge in [0.25, 0.3) is 11.7 Å². The Morgan fingerprint density at radius 2 is 1.86 bits per heavy atom. The number of rotatable bonds is 6. The number of benzene rings is 2. The molecule has 8 heteroatoms. The summed E-state index contributed by atoms with van der Waals surface area (Å²) < 4.78 is 22.5. The Balaban J connectivity index is 1.67. The van der Waals surface area contributed by atoms with E-state index in [0.29, 0.717) is 46.6 Å². The van der Waals surface area contributed by atoms with Crippen LogP contribution in [0.25, 0.3) is 5.76 Å². The third-order valence-corrected chi connectivity index (χ3v) is 6.31. The first-order chi connectivity index (χ1) is 17.3. The predicted octanol–water partition coefficient (Wildman–Crippen LogP) is 5.47. The number of amides is 1. The standard InChI is InChI=1S/C28H27NO7/c1-5-33-20-10-7-17(12-19(20)15(2)3)26(30)24-25(22-9-6-16(4)36-22)29(28(32)27(24)31)18-8-11-21-23(13-18)35-14-34-21/h6-13,15,25,30H,5,14H2,1-4H3/b26-24-. The Bertz CT molecular complexity index is 1380. The molecule has 1 amide bonds. The fourth-order valence-electron chi connectivity index (χ4n) is 4.59. The van der Waals surface area contributed by atoms with E-state index in [2.05, 4.69) is 0 Å². The number of ketones is 1. The number of ether oxygens (including phenoxy) is 3. The molecule has 2 aliphatic heterocycles. The molecule has 5 rings (SSSR count). The molecule has 2 aromatic carbocycles. The highest BCUT2D eigenvalue weighted by atomic mass is 16.7. The van der Waals surface area contributed by atoms with E-state index in [1.54, 1.807) is 55.5 Å². The topological polar surface area (TPSA) is 98.4 Å². The minimum absolute atomic E-state index is 0.0501. The molecule has 1 atom stereocenters. The number of hydrogen-bond acceptors (Lipinski definition) is 7. The van der Waals surface area contributed by atoms with Crippen LogP contribution in [0, 0.1) is 6.92 Å². The second-order valence-corrected chi connectivity index (χ2v) is 9.00. The largest absolute Gasteiger partial charge is 0.507 e. The average molecular weight is 490 g/mol. The maximum Gasteiger partial charge on any atom is 0.300 e. The normalized spacial score (nSPS) is 18.4. The third kappa shape index (κ3) is 3.88. The lowest BCUT2D eigenvalue weighted by molar-refractivity contribution is -0.132. The van der Waals surface area contributed by atoms with E-state index in [-0.39, 0.29) is 24.0 Å².